The van der Waals surface area contributed by atoms with Crippen LogP contribution >= 0.6 is 11.6 Å². The smallest absolute Gasteiger partial charge is 0.263 e. The number of aryl methyl sites for hydroxylation is 3. The maximum atomic E-state index is 13.0. The van der Waals surface area contributed by atoms with E-state index in [2.05, 4.69) is 10.0 Å². The van der Waals surface area contributed by atoms with Crippen molar-refractivity contribution in [1.82, 2.24) is 5.32 Å². The van der Waals surface area contributed by atoms with Gasteiger partial charge in [0.05, 0.1) is 16.8 Å². The topological polar surface area (TPSA) is 75.3 Å². The highest BCUT2D eigenvalue weighted by Crippen LogP contribution is 2.27. The summed E-state index contributed by atoms with van der Waals surface area (Å²) in [5.74, 6) is -0.382. The maximum Gasteiger partial charge on any atom is 0.263 e. The van der Waals surface area contributed by atoms with Crippen LogP contribution in [-0.2, 0) is 10.0 Å². The zero-order valence-electron chi connectivity index (χ0n) is 17.9. The van der Waals surface area contributed by atoms with Crippen molar-refractivity contribution in [2.24, 2.45) is 0 Å². The fraction of sp³-hybridized carbons (Fsp3) is 0.208. The molecule has 162 valence electrons. The molecule has 0 heterocycles. The van der Waals surface area contributed by atoms with Crippen molar-refractivity contribution in [3.05, 3.63) is 93.5 Å². The van der Waals surface area contributed by atoms with E-state index in [0.29, 0.717) is 5.69 Å². The molecule has 1 atom stereocenters. The summed E-state index contributed by atoms with van der Waals surface area (Å²) in [4.78, 5) is 12.6. The van der Waals surface area contributed by atoms with Crippen molar-refractivity contribution in [2.75, 3.05) is 4.72 Å². The van der Waals surface area contributed by atoms with Gasteiger partial charge >= 0.3 is 0 Å². The van der Waals surface area contributed by atoms with E-state index < -0.39 is 10.0 Å². The Morgan fingerprint density at radius 3 is 2.19 bits per heavy atom. The second kappa shape index (κ2) is 9.12. The van der Waals surface area contributed by atoms with E-state index in [9.17, 15) is 13.2 Å². The van der Waals surface area contributed by atoms with Gasteiger partial charge in [0.1, 0.15) is 4.90 Å². The Labute approximate surface area is 188 Å². The van der Waals surface area contributed by atoms with Crippen molar-refractivity contribution < 1.29 is 13.2 Å². The van der Waals surface area contributed by atoms with Crippen molar-refractivity contribution >= 4 is 33.2 Å². The Hall–Kier alpha value is -2.83. The highest BCUT2D eigenvalue weighted by molar-refractivity contribution is 7.92. The number of anilines is 1. The molecule has 5 nitrogen and oxygen atoms in total. The molecule has 31 heavy (non-hydrogen) atoms. The molecule has 0 radical (unpaired) electrons. The molecule has 0 bridgehead atoms. The SMILES string of the molecule is Cc1ccc(C(C)NC(=O)c2ccc(Cl)c(S(=O)(=O)Nc3ccc(C)cc3C)c2)cc1. The third kappa shape index (κ3) is 5.46. The molecule has 3 aromatic rings. The number of carbonyl (C=O) groups is 1. The molecule has 7 heteroatoms. The fourth-order valence-electron chi connectivity index (χ4n) is 3.20. The molecule has 0 saturated heterocycles. The first kappa shape index (κ1) is 22.8. The average molecular weight is 457 g/mol. The van der Waals surface area contributed by atoms with E-state index in [1.54, 1.807) is 6.07 Å². The van der Waals surface area contributed by atoms with Gasteiger partial charge in [-0.2, -0.15) is 0 Å². The molecule has 0 aliphatic carbocycles. The zero-order chi connectivity index (χ0) is 22.8. The largest absolute Gasteiger partial charge is 0.346 e. The number of benzene rings is 3. The van der Waals surface area contributed by atoms with Crippen LogP contribution in [0.1, 0.15) is 45.6 Å². The van der Waals surface area contributed by atoms with Crippen molar-refractivity contribution in [3.63, 3.8) is 0 Å². The number of sulfonamides is 1. The number of halogens is 1. The molecule has 0 aromatic heterocycles. The van der Waals surface area contributed by atoms with Gasteiger partial charge in [0.2, 0.25) is 0 Å². The van der Waals surface area contributed by atoms with Gasteiger partial charge in [-0.15, -0.1) is 0 Å². The van der Waals surface area contributed by atoms with Gasteiger partial charge < -0.3 is 5.32 Å². The summed E-state index contributed by atoms with van der Waals surface area (Å²) >= 11 is 6.18. The third-order valence-corrected chi connectivity index (χ3v) is 6.88. The molecule has 0 fully saturated rings. The molecular formula is C24H25ClN2O3S. The quantitative estimate of drug-likeness (QED) is 0.510. The summed E-state index contributed by atoms with van der Waals surface area (Å²) in [6.07, 6.45) is 0. The molecule has 3 rings (SSSR count). The van der Waals surface area contributed by atoms with Gasteiger partial charge in [0, 0.05) is 5.56 Å². The van der Waals surface area contributed by atoms with Gasteiger partial charge in [-0.3, -0.25) is 9.52 Å². The number of nitrogens with one attached hydrogen (secondary N) is 2. The van der Waals surface area contributed by atoms with E-state index >= 15 is 0 Å². The van der Waals surface area contributed by atoms with Crippen molar-refractivity contribution in [3.8, 4) is 0 Å². The monoisotopic (exact) mass is 456 g/mol. The minimum atomic E-state index is -3.98. The number of amides is 1. The van der Waals surface area contributed by atoms with Gasteiger partial charge in [0.25, 0.3) is 15.9 Å². The highest BCUT2D eigenvalue weighted by atomic mass is 35.5. The van der Waals surface area contributed by atoms with Gasteiger partial charge in [-0.25, -0.2) is 8.42 Å². The minimum absolute atomic E-state index is 0.0420. The predicted molar refractivity (Wildman–Crippen MR) is 125 cm³/mol. The Kier molecular flexibility index (Phi) is 6.72. The number of hydrogen-bond donors (Lipinski definition) is 2. The molecule has 3 aromatic carbocycles. The number of hydrogen-bond acceptors (Lipinski definition) is 3. The van der Waals surface area contributed by atoms with Crippen LogP contribution in [0.4, 0.5) is 5.69 Å². The summed E-state index contributed by atoms with van der Waals surface area (Å²) in [5, 5.41) is 2.94. The van der Waals surface area contributed by atoms with Crippen molar-refractivity contribution in [1.29, 1.82) is 0 Å². The zero-order valence-corrected chi connectivity index (χ0v) is 19.4. The molecule has 1 amide bonds. The van der Waals surface area contributed by atoms with Crippen LogP contribution in [0.25, 0.3) is 0 Å². The molecule has 0 aliphatic rings. The minimum Gasteiger partial charge on any atom is -0.346 e. The molecular weight excluding hydrogens is 432 g/mol. The second-order valence-electron chi connectivity index (χ2n) is 7.67. The lowest BCUT2D eigenvalue weighted by Crippen LogP contribution is -2.27. The summed E-state index contributed by atoms with van der Waals surface area (Å²) in [6.45, 7) is 7.62. The average Bonchev–Trinajstić information content (AvgIpc) is 2.70. The van der Waals surface area contributed by atoms with Crippen LogP contribution < -0.4 is 10.0 Å². The normalized spacial score (nSPS) is 12.3. The first-order valence-electron chi connectivity index (χ1n) is 9.84. The van der Waals surface area contributed by atoms with Crippen LogP contribution in [0.15, 0.2) is 65.6 Å². The lowest BCUT2D eigenvalue weighted by Gasteiger charge is -2.16. The lowest BCUT2D eigenvalue weighted by molar-refractivity contribution is 0.0939. The summed E-state index contributed by atoms with van der Waals surface area (Å²) in [5.41, 5.74) is 4.58. The Balaban J connectivity index is 1.84. The van der Waals surface area contributed by atoms with Crippen LogP contribution in [0.2, 0.25) is 5.02 Å². The lowest BCUT2D eigenvalue weighted by atomic mass is 10.1. The van der Waals surface area contributed by atoms with Crippen LogP contribution in [0.5, 0.6) is 0 Å². The first-order chi connectivity index (χ1) is 14.6. The van der Waals surface area contributed by atoms with Crippen LogP contribution in [0, 0.1) is 20.8 Å². The summed E-state index contributed by atoms with van der Waals surface area (Å²) < 4.78 is 28.5. The highest BCUT2D eigenvalue weighted by Gasteiger charge is 2.22. The third-order valence-electron chi connectivity index (χ3n) is 5.03. The fourth-order valence-corrected chi connectivity index (χ4v) is 4.85. The molecule has 1 unspecified atom stereocenters. The molecule has 0 spiro atoms. The summed E-state index contributed by atoms with van der Waals surface area (Å²) in [6, 6.07) is 17.3. The second-order valence-corrected chi connectivity index (χ2v) is 9.73. The van der Waals surface area contributed by atoms with E-state index in [1.807, 2.05) is 64.1 Å². The van der Waals surface area contributed by atoms with Crippen molar-refractivity contribution in [2.45, 2.75) is 38.6 Å². The van der Waals surface area contributed by atoms with E-state index in [1.165, 1.54) is 18.2 Å². The number of carbonyl (C=O) groups excluding carboxylic acids is 1. The Morgan fingerprint density at radius 2 is 1.55 bits per heavy atom. The summed E-state index contributed by atoms with van der Waals surface area (Å²) in [7, 11) is -3.98. The first-order valence-corrected chi connectivity index (χ1v) is 11.7. The van der Waals surface area contributed by atoms with Crippen LogP contribution in [-0.4, -0.2) is 14.3 Å². The predicted octanol–water partition coefficient (Wildman–Crippen LogP) is 5.56. The maximum absolute atomic E-state index is 13.0. The van der Waals surface area contributed by atoms with E-state index in [4.69, 9.17) is 11.6 Å². The van der Waals surface area contributed by atoms with E-state index in [-0.39, 0.29) is 27.4 Å². The van der Waals surface area contributed by atoms with Gasteiger partial charge in [0.15, 0.2) is 0 Å². The van der Waals surface area contributed by atoms with Crippen LogP contribution in [0.3, 0.4) is 0 Å². The Bertz CT molecular complexity index is 1220. The Morgan fingerprint density at radius 1 is 0.903 bits per heavy atom. The molecule has 2 N–H and O–H groups in total. The van der Waals surface area contributed by atoms with Gasteiger partial charge in [-0.1, -0.05) is 59.1 Å². The molecule has 0 aliphatic heterocycles. The van der Waals surface area contributed by atoms with E-state index in [0.717, 1.165) is 22.3 Å². The standard InChI is InChI=1S/C24H25ClN2O3S/c1-15-5-8-19(9-6-15)18(4)26-24(28)20-10-11-21(25)23(14-20)31(29,30)27-22-12-7-16(2)13-17(22)3/h5-14,18,27H,1-4H3,(H,26,28). The molecule has 0 saturated carbocycles. The van der Waals surface area contributed by atoms with Gasteiger partial charge in [-0.05, 0) is 63.1 Å². The number of rotatable bonds is 6.